The molecule has 1 aliphatic heterocycles. The van der Waals surface area contributed by atoms with Crippen molar-refractivity contribution in [3.8, 4) is 0 Å². The summed E-state index contributed by atoms with van der Waals surface area (Å²) in [6.07, 6.45) is 0.756. The first-order chi connectivity index (χ1) is 10.7. The van der Waals surface area contributed by atoms with Crippen LogP contribution in [0, 0.1) is 0 Å². The topological polar surface area (TPSA) is 70.6 Å². The number of aliphatic hydroxyl groups is 1. The Labute approximate surface area is 137 Å². The number of amides is 2. The average Bonchev–Trinajstić information content (AvgIpc) is 2.83. The molecule has 0 aromatic heterocycles. The van der Waals surface area contributed by atoms with Gasteiger partial charge in [-0.15, -0.1) is 0 Å². The van der Waals surface area contributed by atoms with Gasteiger partial charge in [-0.1, -0.05) is 24.3 Å². The standard InChI is InChI=1S/C18H26N2O3/c1-17(2)10-14(18(3,4)23-17)19-16(22)20-15-12-8-6-5-7-11(12)9-13(15)21/h5-8,13-15,21H,9-10H2,1-4H3,(H2,19,20,22)/t13-,14?,15+/m0/s1. The molecule has 5 heteroatoms. The second-order valence-corrected chi connectivity index (χ2v) is 7.79. The number of benzene rings is 1. The summed E-state index contributed by atoms with van der Waals surface area (Å²) in [4.78, 5) is 12.4. The Kier molecular flexibility index (Phi) is 3.89. The molecular formula is C18H26N2O3. The van der Waals surface area contributed by atoms with Crippen LogP contribution in [0.5, 0.6) is 0 Å². The van der Waals surface area contributed by atoms with Crippen LogP contribution in [0.25, 0.3) is 0 Å². The fourth-order valence-electron chi connectivity index (χ4n) is 3.88. The number of hydrogen-bond acceptors (Lipinski definition) is 3. The van der Waals surface area contributed by atoms with E-state index in [4.69, 9.17) is 4.74 Å². The van der Waals surface area contributed by atoms with E-state index in [9.17, 15) is 9.90 Å². The van der Waals surface area contributed by atoms with Crippen LogP contribution in [-0.2, 0) is 11.2 Å². The number of ether oxygens (including phenoxy) is 1. The van der Waals surface area contributed by atoms with Crippen LogP contribution in [0.1, 0.15) is 51.3 Å². The number of hydrogen-bond donors (Lipinski definition) is 3. The zero-order valence-electron chi connectivity index (χ0n) is 14.2. The summed E-state index contributed by atoms with van der Waals surface area (Å²) in [6, 6.07) is 7.16. The fraction of sp³-hybridized carbons (Fsp3) is 0.611. The van der Waals surface area contributed by atoms with Gasteiger partial charge in [-0.25, -0.2) is 4.79 Å². The van der Waals surface area contributed by atoms with Gasteiger partial charge in [-0.05, 0) is 45.2 Å². The molecule has 23 heavy (non-hydrogen) atoms. The normalized spacial score (nSPS) is 30.7. The minimum Gasteiger partial charge on any atom is -0.390 e. The number of nitrogens with one attached hydrogen (secondary N) is 2. The van der Waals surface area contributed by atoms with E-state index in [1.54, 1.807) is 0 Å². The lowest BCUT2D eigenvalue weighted by molar-refractivity contribution is -0.0691. The van der Waals surface area contributed by atoms with Crippen molar-refractivity contribution in [2.75, 3.05) is 0 Å². The third-order valence-corrected chi connectivity index (χ3v) is 4.87. The van der Waals surface area contributed by atoms with Crippen LogP contribution in [-0.4, -0.2) is 34.5 Å². The molecule has 3 rings (SSSR count). The second kappa shape index (κ2) is 5.49. The molecule has 3 N–H and O–H groups in total. The van der Waals surface area contributed by atoms with Gasteiger partial charge in [0.25, 0.3) is 0 Å². The van der Waals surface area contributed by atoms with Crippen LogP contribution in [0.2, 0.25) is 0 Å². The predicted octanol–water partition coefficient (Wildman–Crippen LogP) is 2.29. The van der Waals surface area contributed by atoms with Crippen molar-refractivity contribution < 1.29 is 14.6 Å². The minimum absolute atomic E-state index is 0.0636. The molecule has 126 valence electrons. The van der Waals surface area contributed by atoms with Gasteiger partial charge < -0.3 is 20.5 Å². The molecule has 1 fully saturated rings. The average molecular weight is 318 g/mol. The highest BCUT2D eigenvalue weighted by Crippen LogP contribution is 2.37. The summed E-state index contributed by atoms with van der Waals surface area (Å²) < 4.78 is 6.01. The Morgan fingerprint density at radius 1 is 1.22 bits per heavy atom. The third kappa shape index (κ3) is 3.21. The van der Waals surface area contributed by atoms with Crippen molar-refractivity contribution in [1.29, 1.82) is 0 Å². The van der Waals surface area contributed by atoms with E-state index in [1.807, 2.05) is 52.0 Å². The summed E-state index contributed by atoms with van der Waals surface area (Å²) in [6.45, 7) is 8.05. The largest absolute Gasteiger partial charge is 0.390 e. The van der Waals surface area contributed by atoms with E-state index in [2.05, 4.69) is 10.6 Å². The molecule has 2 aliphatic rings. The molecule has 1 aromatic carbocycles. The van der Waals surface area contributed by atoms with Gasteiger partial charge in [-0.3, -0.25) is 0 Å². The van der Waals surface area contributed by atoms with Crippen LogP contribution in [0.15, 0.2) is 24.3 Å². The van der Waals surface area contributed by atoms with Crippen LogP contribution in [0.4, 0.5) is 4.79 Å². The summed E-state index contributed by atoms with van der Waals surface area (Å²) in [5.74, 6) is 0. The SMILES string of the molecule is CC1(C)CC(NC(=O)N[C@@H]2c3ccccc3C[C@@H]2O)C(C)(C)O1. The van der Waals surface area contributed by atoms with E-state index in [1.165, 1.54) is 0 Å². The molecule has 0 radical (unpaired) electrons. The molecule has 1 aliphatic carbocycles. The molecule has 3 atom stereocenters. The van der Waals surface area contributed by atoms with Crippen molar-refractivity contribution in [2.45, 2.75) is 69.9 Å². The van der Waals surface area contributed by atoms with Gasteiger partial charge in [0.05, 0.1) is 29.4 Å². The highest BCUT2D eigenvalue weighted by atomic mass is 16.5. The van der Waals surface area contributed by atoms with E-state index >= 15 is 0 Å². The lowest BCUT2D eigenvalue weighted by atomic mass is 9.94. The summed E-state index contributed by atoms with van der Waals surface area (Å²) in [7, 11) is 0. The summed E-state index contributed by atoms with van der Waals surface area (Å²) in [5.41, 5.74) is 1.43. The smallest absolute Gasteiger partial charge is 0.315 e. The molecule has 0 spiro atoms. The molecule has 1 unspecified atom stereocenters. The number of urea groups is 1. The molecule has 1 saturated heterocycles. The van der Waals surface area contributed by atoms with Gasteiger partial charge in [0, 0.05) is 6.42 Å². The number of carbonyl (C=O) groups excluding carboxylic acids is 1. The van der Waals surface area contributed by atoms with Crippen molar-refractivity contribution in [3.63, 3.8) is 0 Å². The van der Waals surface area contributed by atoms with Crippen LogP contribution >= 0.6 is 0 Å². The van der Waals surface area contributed by atoms with Gasteiger partial charge >= 0.3 is 6.03 Å². The minimum atomic E-state index is -0.581. The Morgan fingerprint density at radius 3 is 2.57 bits per heavy atom. The Hall–Kier alpha value is -1.59. The molecule has 1 heterocycles. The number of carbonyl (C=O) groups is 1. The number of fused-ring (bicyclic) bond motifs is 1. The summed E-state index contributed by atoms with van der Waals surface area (Å²) in [5, 5.41) is 16.2. The quantitative estimate of drug-likeness (QED) is 0.783. The molecular weight excluding hydrogens is 292 g/mol. The van der Waals surface area contributed by atoms with Gasteiger partial charge in [0.2, 0.25) is 0 Å². The first-order valence-electron chi connectivity index (χ1n) is 8.21. The lowest BCUT2D eigenvalue weighted by Crippen LogP contribution is -2.51. The second-order valence-electron chi connectivity index (χ2n) is 7.79. The maximum absolute atomic E-state index is 12.4. The Bertz CT molecular complexity index is 612. The van der Waals surface area contributed by atoms with E-state index in [0.717, 1.165) is 17.5 Å². The van der Waals surface area contributed by atoms with Crippen LogP contribution < -0.4 is 10.6 Å². The number of aliphatic hydroxyl groups excluding tert-OH is 1. The zero-order chi connectivity index (χ0) is 16.8. The third-order valence-electron chi connectivity index (χ3n) is 4.87. The first kappa shape index (κ1) is 16.3. The summed E-state index contributed by atoms with van der Waals surface area (Å²) >= 11 is 0. The van der Waals surface area contributed by atoms with Gasteiger partial charge in [0.1, 0.15) is 0 Å². The monoisotopic (exact) mass is 318 g/mol. The molecule has 0 bridgehead atoms. The van der Waals surface area contributed by atoms with Crippen LogP contribution in [0.3, 0.4) is 0 Å². The highest BCUT2D eigenvalue weighted by molar-refractivity contribution is 5.75. The highest BCUT2D eigenvalue weighted by Gasteiger charge is 2.46. The Morgan fingerprint density at radius 2 is 1.91 bits per heavy atom. The predicted molar refractivity (Wildman–Crippen MR) is 88.2 cm³/mol. The van der Waals surface area contributed by atoms with Gasteiger partial charge in [-0.2, -0.15) is 0 Å². The van der Waals surface area contributed by atoms with E-state index in [-0.39, 0.29) is 23.7 Å². The number of rotatable bonds is 2. The lowest BCUT2D eigenvalue weighted by Gasteiger charge is -2.28. The maximum Gasteiger partial charge on any atom is 0.315 e. The fourth-order valence-corrected chi connectivity index (χ4v) is 3.88. The van der Waals surface area contributed by atoms with E-state index < -0.39 is 11.7 Å². The first-order valence-corrected chi connectivity index (χ1v) is 8.21. The Balaban J connectivity index is 1.67. The maximum atomic E-state index is 12.4. The van der Waals surface area contributed by atoms with Crippen molar-refractivity contribution >= 4 is 6.03 Å². The van der Waals surface area contributed by atoms with Gasteiger partial charge in [0.15, 0.2) is 0 Å². The molecule has 0 saturated carbocycles. The molecule has 1 aromatic rings. The molecule has 2 amide bonds. The van der Waals surface area contributed by atoms with E-state index in [0.29, 0.717) is 6.42 Å². The zero-order valence-corrected chi connectivity index (χ0v) is 14.2. The van der Waals surface area contributed by atoms with Crippen molar-refractivity contribution in [2.24, 2.45) is 0 Å². The van der Waals surface area contributed by atoms with Crippen molar-refractivity contribution in [3.05, 3.63) is 35.4 Å². The molecule has 5 nitrogen and oxygen atoms in total. The van der Waals surface area contributed by atoms with Crippen molar-refractivity contribution in [1.82, 2.24) is 10.6 Å².